The van der Waals surface area contributed by atoms with Crippen LogP contribution in [0.5, 0.6) is 0 Å². The van der Waals surface area contributed by atoms with Gasteiger partial charge in [-0.25, -0.2) is 4.79 Å². The van der Waals surface area contributed by atoms with Gasteiger partial charge in [0.15, 0.2) is 0 Å². The number of hydrogen-bond acceptors (Lipinski definition) is 10. The van der Waals surface area contributed by atoms with E-state index >= 15 is 0 Å². The zero-order valence-corrected chi connectivity index (χ0v) is 27.0. The highest BCUT2D eigenvalue weighted by atomic mass is 33.1. The molecule has 0 aromatic carbocycles. The predicted molar refractivity (Wildman–Crippen MR) is 176 cm³/mol. The van der Waals surface area contributed by atoms with Crippen molar-refractivity contribution >= 4 is 80.7 Å². The van der Waals surface area contributed by atoms with E-state index in [2.05, 4.69) is 37.9 Å². The van der Waals surface area contributed by atoms with E-state index < -0.39 is 30.0 Å². The molecule has 9 nitrogen and oxygen atoms in total. The number of carboxylic acid groups (broad SMARTS) is 3. The second-order valence-corrected chi connectivity index (χ2v) is 12.6. The number of nitrogens with one attached hydrogen (secondary N) is 1. The van der Waals surface area contributed by atoms with Crippen LogP contribution in [-0.2, 0) is 19.2 Å². The number of thioether (sulfide) groups is 3. The normalized spacial score (nSPS) is 11.6. The molecule has 0 aliphatic heterocycles. The number of amides is 1. The first-order valence-corrected chi connectivity index (χ1v) is 17.6. The largest absolute Gasteiger partial charge is 0.481 e. The average Bonchev–Trinajstić information content (AvgIpc) is 2.87. The van der Waals surface area contributed by atoms with Gasteiger partial charge < -0.3 is 26.4 Å². The first kappa shape index (κ1) is 44.6. The average molecular weight is 645 g/mol. The predicted octanol–water partition coefficient (Wildman–Crippen LogP) is 4.62. The zero-order chi connectivity index (χ0) is 31.1. The van der Waals surface area contributed by atoms with E-state index in [0.717, 1.165) is 17.3 Å². The molecule has 0 bridgehead atoms. The maximum absolute atomic E-state index is 10.6. The van der Waals surface area contributed by atoms with Crippen LogP contribution in [0.4, 0.5) is 0 Å². The first-order valence-electron chi connectivity index (χ1n) is 11.4. The quantitative estimate of drug-likeness (QED) is 0.0751. The lowest BCUT2D eigenvalue weighted by molar-refractivity contribution is -0.141. The second-order valence-electron chi connectivity index (χ2n) is 7.03. The summed E-state index contributed by atoms with van der Waals surface area (Å²) in [4.78, 5) is 41.6. The maximum Gasteiger partial charge on any atom is 0.327 e. The van der Waals surface area contributed by atoms with E-state index in [9.17, 15) is 19.2 Å². The molecular weight excluding hydrogens is 601 g/mol. The number of carboxylic acids is 3. The summed E-state index contributed by atoms with van der Waals surface area (Å²) in [7, 11) is 3.01. The molecule has 0 spiro atoms. The highest BCUT2D eigenvalue weighted by molar-refractivity contribution is 8.76. The summed E-state index contributed by atoms with van der Waals surface area (Å²) in [6.45, 7) is 17.1. The van der Waals surface area contributed by atoms with Crippen molar-refractivity contribution in [2.75, 3.05) is 46.5 Å². The first-order chi connectivity index (χ1) is 18.4. The van der Waals surface area contributed by atoms with Gasteiger partial charge in [0, 0.05) is 47.2 Å². The standard InChI is InChI=1S/C8H13NO3S.C7H12O2S.C6H11NO2S2.C4H8S/c1-3-4-13-5-7(8(11)12)9-6(2)10;1-3-4-10-5-6(2)7(8)9;1-2-3-10-11-4-5(7)6(8)9;1-3-4-5-2/h3,7H,1,4-5H2,2H3,(H,9,10)(H,11,12);3,6H,1,4-5H2,2H3,(H,8,9);2,5H,1,3-4,7H2,(H,8,9);3H,1,4H2,2H3. The fourth-order valence-corrected chi connectivity index (χ4v) is 5.18. The summed E-state index contributed by atoms with van der Waals surface area (Å²) in [6.07, 6.45) is 9.19. The van der Waals surface area contributed by atoms with Gasteiger partial charge in [0.2, 0.25) is 5.91 Å². The fourth-order valence-electron chi connectivity index (χ4n) is 1.50. The summed E-state index contributed by atoms with van der Waals surface area (Å²) >= 11 is 4.79. The topological polar surface area (TPSA) is 167 Å². The van der Waals surface area contributed by atoms with E-state index in [0.29, 0.717) is 23.0 Å². The number of rotatable bonds is 19. The number of carbonyl (C=O) groups excluding carboxylic acids is 1. The monoisotopic (exact) mass is 644 g/mol. The Hall–Kier alpha value is -1.45. The van der Waals surface area contributed by atoms with Crippen LogP contribution in [0.25, 0.3) is 0 Å². The molecule has 0 fully saturated rings. The Balaban J connectivity index is -0.000000218. The van der Waals surface area contributed by atoms with Crippen molar-refractivity contribution in [3.8, 4) is 0 Å². The van der Waals surface area contributed by atoms with Crippen LogP contribution in [0.1, 0.15) is 13.8 Å². The zero-order valence-electron chi connectivity index (χ0n) is 22.9. The van der Waals surface area contributed by atoms with Gasteiger partial charge in [0.1, 0.15) is 12.1 Å². The van der Waals surface area contributed by atoms with Crippen LogP contribution in [0.2, 0.25) is 0 Å². The molecule has 0 aromatic rings. The second kappa shape index (κ2) is 34.6. The Bertz CT molecular complexity index is 712. The summed E-state index contributed by atoms with van der Waals surface area (Å²) in [5, 5.41) is 27.8. The van der Waals surface area contributed by atoms with Gasteiger partial charge in [-0.1, -0.05) is 52.8 Å². The van der Waals surface area contributed by atoms with Crippen LogP contribution >= 0.6 is 56.9 Å². The Kier molecular flexibility index (Phi) is 39.5. The van der Waals surface area contributed by atoms with E-state index in [1.54, 1.807) is 59.5 Å². The minimum absolute atomic E-state index is 0.245. The van der Waals surface area contributed by atoms with Crippen molar-refractivity contribution in [2.45, 2.75) is 25.9 Å². The molecule has 3 atom stereocenters. The molecule has 0 saturated carbocycles. The lowest BCUT2D eigenvalue weighted by Gasteiger charge is -2.11. The summed E-state index contributed by atoms with van der Waals surface area (Å²) < 4.78 is 0. The van der Waals surface area contributed by atoms with Crippen molar-refractivity contribution in [1.29, 1.82) is 0 Å². The summed E-state index contributed by atoms with van der Waals surface area (Å²) in [5.74, 6) is 1.62. The highest BCUT2D eigenvalue weighted by Gasteiger charge is 2.17. The lowest BCUT2D eigenvalue weighted by atomic mass is 10.2. The molecule has 1 amide bonds. The maximum atomic E-state index is 10.6. The molecule has 0 aromatic heterocycles. The van der Waals surface area contributed by atoms with Gasteiger partial charge in [-0.2, -0.15) is 35.3 Å². The van der Waals surface area contributed by atoms with Crippen LogP contribution in [0.15, 0.2) is 50.6 Å². The third-order valence-corrected chi connectivity index (χ3v) is 8.51. The van der Waals surface area contributed by atoms with Crippen molar-refractivity contribution < 1.29 is 34.5 Å². The molecule has 0 aliphatic rings. The minimum atomic E-state index is -1.01. The molecule has 14 heteroatoms. The third kappa shape index (κ3) is 41.2. The van der Waals surface area contributed by atoms with Crippen molar-refractivity contribution in [3.05, 3.63) is 50.6 Å². The smallest absolute Gasteiger partial charge is 0.327 e. The van der Waals surface area contributed by atoms with Gasteiger partial charge in [0.25, 0.3) is 0 Å². The molecule has 0 aliphatic carbocycles. The number of aliphatic carboxylic acids is 3. The molecule has 39 heavy (non-hydrogen) atoms. The number of hydrogen-bond donors (Lipinski definition) is 5. The molecule has 0 rings (SSSR count). The van der Waals surface area contributed by atoms with E-state index in [1.165, 1.54) is 29.5 Å². The van der Waals surface area contributed by atoms with Gasteiger partial charge in [-0.05, 0) is 6.26 Å². The van der Waals surface area contributed by atoms with Crippen LogP contribution in [0.3, 0.4) is 0 Å². The van der Waals surface area contributed by atoms with Gasteiger partial charge in [0.05, 0.1) is 5.92 Å². The fraction of sp³-hybridized carbons (Fsp3) is 0.520. The molecule has 226 valence electrons. The molecule has 3 unspecified atom stereocenters. The van der Waals surface area contributed by atoms with Crippen molar-refractivity contribution in [2.24, 2.45) is 11.7 Å². The molecule has 0 radical (unpaired) electrons. The molecule has 0 heterocycles. The molecular formula is C25H44N2O7S5. The number of nitrogens with two attached hydrogens (primary N) is 1. The van der Waals surface area contributed by atoms with E-state index in [4.69, 9.17) is 21.1 Å². The van der Waals surface area contributed by atoms with Crippen LogP contribution < -0.4 is 11.1 Å². The SMILES string of the molecule is C=CCSC.C=CCSCC(C)C(=O)O.C=CCSCC(NC(C)=O)C(=O)O.C=CCSSCC(N)C(=O)O. The van der Waals surface area contributed by atoms with Gasteiger partial charge in [-0.15, -0.1) is 26.3 Å². The number of carbonyl (C=O) groups is 4. The van der Waals surface area contributed by atoms with Gasteiger partial charge in [-0.3, -0.25) is 14.4 Å². The lowest BCUT2D eigenvalue weighted by Crippen LogP contribution is -2.41. The van der Waals surface area contributed by atoms with Crippen LogP contribution in [-0.4, -0.2) is 97.7 Å². The van der Waals surface area contributed by atoms with E-state index in [1.807, 2.05) is 6.08 Å². The highest BCUT2D eigenvalue weighted by Crippen LogP contribution is 2.21. The Morgan fingerprint density at radius 3 is 1.59 bits per heavy atom. The van der Waals surface area contributed by atoms with Crippen LogP contribution in [0, 0.1) is 5.92 Å². The third-order valence-electron chi connectivity index (χ3n) is 3.34. The Labute approximate surface area is 254 Å². The van der Waals surface area contributed by atoms with Gasteiger partial charge >= 0.3 is 17.9 Å². The minimum Gasteiger partial charge on any atom is -0.481 e. The summed E-state index contributed by atoms with van der Waals surface area (Å²) in [6, 6.07) is -1.56. The molecule has 6 N–H and O–H groups in total. The Morgan fingerprint density at radius 1 is 0.769 bits per heavy atom. The van der Waals surface area contributed by atoms with Crippen molar-refractivity contribution in [1.82, 2.24) is 5.32 Å². The van der Waals surface area contributed by atoms with Crippen molar-refractivity contribution in [3.63, 3.8) is 0 Å². The van der Waals surface area contributed by atoms with E-state index in [-0.39, 0.29) is 11.8 Å². The summed E-state index contributed by atoms with van der Waals surface area (Å²) in [5.41, 5.74) is 5.24. The molecule has 0 saturated heterocycles. The Morgan fingerprint density at radius 2 is 1.26 bits per heavy atom.